The van der Waals surface area contributed by atoms with Gasteiger partial charge in [0, 0.05) is 24.0 Å². The molecule has 0 aliphatic heterocycles. The second kappa shape index (κ2) is 6.54. The van der Waals surface area contributed by atoms with E-state index in [0.29, 0.717) is 12.5 Å². The van der Waals surface area contributed by atoms with E-state index in [2.05, 4.69) is 36.1 Å². The van der Waals surface area contributed by atoms with E-state index in [-0.39, 0.29) is 0 Å². The smallest absolute Gasteiger partial charge is 0.312 e. The van der Waals surface area contributed by atoms with Gasteiger partial charge in [-0.25, -0.2) is 4.98 Å². The van der Waals surface area contributed by atoms with Gasteiger partial charge in [0.1, 0.15) is 5.92 Å². The molecule has 112 valence electrons. The number of carbonyl (C=O) groups is 1. The lowest BCUT2D eigenvalue weighted by Gasteiger charge is -2.23. The van der Waals surface area contributed by atoms with Crippen molar-refractivity contribution in [2.45, 2.75) is 45.1 Å². The van der Waals surface area contributed by atoms with Crippen LogP contribution in [-0.2, 0) is 11.2 Å². The van der Waals surface area contributed by atoms with Crippen molar-refractivity contribution in [2.24, 2.45) is 0 Å². The first-order valence-electron chi connectivity index (χ1n) is 7.19. The van der Waals surface area contributed by atoms with Crippen molar-refractivity contribution in [3.8, 4) is 0 Å². The molecule has 0 spiro atoms. The van der Waals surface area contributed by atoms with E-state index in [4.69, 9.17) is 5.11 Å². The van der Waals surface area contributed by atoms with Crippen LogP contribution in [0.2, 0.25) is 0 Å². The normalized spacial score (nSPS) is 19.1. The second-order valence-electron chi connectivity index (χ2n) is 5.42. The summed E-state index contributed by atoms with van der Waals surface area (Å²) in [6.45, 7) is 6.20. The summed E-state index contributed by atoms with van der Waals surface area (Å²) in [5.41, 5.74) is 0.778. The molecule has 1 aliphatic rings. The first-order valence-corrected chi connectivity index (χ1v) is 8.01. The average Bonchev–Trinajstić information content (AvgIpc) is 2.96. The molecule has 2 N–H and O–H groups in total. The highest BCUT2D eigenvalue weighted by Crippen LogP contribution is 2.38. The fraction of sp³-hybridized carbons (Fsp3) is 0.714. The summed E-state index contributed by atoms with van der Waals surface area (Å²) in [6, 6.07) is 0.578. The minimum atomic E-state index is -0.753. The quantitative estimate of drug-likeness (QED) is 0.809. The maximum atomic E-state index is 11.1. The zero-order valence-electron chi connectivity index (χ0n) is 12.3. The number of aryl methyl sites for hydroxylation is 1. The highest BCUT2D eigenvalue weighted by atomic mass is 32.1. The molecule has 0 fully saturated rings. The summed E-state index contributed by atoms with van der Waals surface area (Å²) in [7, 11) is 2.12. The van der Waals surface area contributed by atoms with Gasteiger partial charge < -0.3 is 15.3 Å². The summed E-state index contributed by atoms with van der Waals surface area (Å²) in [6.07, 6.45) is 2.68. The van der Waals surface area contributed by atoms with Crippen LogP contribution in [-0.4, -0.2) is 47.1 Å². The average molecular weight is 297 g/mol. The molecular weight excluding hydrogens is 274 g/mol. The zero-order valence-corrected chi connectivity index (χ0v) is 13.2. The number of nitrogens with zero attached hydrogens (tertiary/aromatic N) is 2. The van der Waals surface area contributed by atoms with Gasteiger partial charge in [-0.1, -0.05) is 6.92 Å². The minimum absolute atomic E-state index is 0.403. The van der Waals surface area contributed by atoms with Crippen LogP contribution in [0, 0.1) is 0 Å². The molecule has 0 aromatic carbocycles. The molecule has 1 aromatic heterocycles. The summed E-state index contributed by atoms with van der Waals surface area (Å²) < 4.78 is 0. The molecule has 1 aromatic rings. The summed E-state index contributed by atoms with van der Waals surface area (Å²) in [5.74, 6) is -1.16. The number of carboxylic acids is 1. The van der Waals surface area contributed by atoms with Gasteiger partial charge in [0.2, 0.25) is 0 Å². The van der Waals surface area contributed by atoms with E-state index in [9.17, 15) is 4.79 Å². The monoisotopic (exact) mass is 297 g/mol. The molecule has 1 aliphatic carbocycles. The molecule has 0 saturated carbocycles. The van der Waals surface area contributed by atoms with E-state index in [1.165, 1.54) is 0 Å². The standard InChI is InChI=1S/C14H23N3O2S/c1-4-9(2)17(3)8-7-15-14-16-12-10(13(18)19)5-6-11(12)20-14/h9-10H,4-8H2,1-3H3,(H,15,16)(H,18,19). The van der Waals surface area contributed by atoms with Crippen molar-refractivity contribution in [3.63, 3.8) is 0 Å². The Bertz CT molecular complexity index is 475. The van der Waals surface area contributed by atoms with Crippen LogP contribution in [0.15, 0.2) is 0 Å². The van der Waals surface area contributed by atoms with Crippen molar-refractivity contribution < 1.29 is 9.90 Å². The number of fused-ring (bicyclic) bond motifs is 1. The molecule has 20 heavy (non-hydrogen) atoms. The Morgan fingerprint density at radius 2 is 2.40 bits per heavy atom. The SMILES string of the molecule is CCC(C)N(C)CCNc1nc2c(s1)CCC2C(=O)O. The Kier molecular flexibility index (Phi) is 4.99. The van der Waals surface area contributed by atoms with E-state index in [1.54, 1.807) is 11.3 Å². The van der Waals surface area contributed by atoms with E-state index >= 15 is 0 Å². The largest absolute Gasteiger partial charge is 0.481 e. The van der Waals surface area contributed by atoms with Gasteiger partial charge in [-0.15, -0.1) is 11.3 Å². The fourth-order valence-electron chi connectivity index (χ4n) is 2.41. The molecule has 5 nitrogen and oxygen atoms in total. The van der Waals surface area contributed by atoms with Gasteiger partial charge in [-0.05, 0) is 33.2 Å². The number of hydrogen-bond donors (Lipinski definition) is 2. The van der Waals surface area contributed by atoms with Gasteiger partial charge in [-0.3, -0.25) is 4.79 Å². The molecule has 2 unspecified atom stereocenters. The molecule has 0 bridgehead atoms. The molecule has 2 atom stereocenters. The molecule has 0 radical (unpaired) electrons. The van der Waals surface area contributed by atoms with Crippen LogP contribution in [0.25, 0.3) is 0 Å². The number of likely N-dealkylation sites (N-methyl/N-ethyl adjacent to an activating group) is 1. The van der Waals surface area contributed by atoms with Crippen LogP contribution in [0.3, 0.4) is 0 Å². The Labute approximate surface area is 124 Å². The third-order valence-electron chi connectivity index (χ3n) is 4.10. The number of hydrogen-bond acceptors (Lipinski definition) is 5. The van der Waals surface area contributed by atoms with Crippen LogP contribution in [0.5, 0.6) is 0 Å². The van der Waals surface area contributed by atoms with Crippen molar-refractivity contribution in [3.05, 3.63) is 10.6 Å². The first kappa shape index (κ1) is 15.3. The van der Waals surface area contributed by atoms with Crippen molar-refractivity contribution >= 4 is 22.4 Å². The maximum Gasteiger partial charge on any atom is 0.312 e. The summed E-state index contributed by atoms with van der Waals surface area (Å²) >= 11 is 1.60. The first-order chi connectivity index (χ1) is 9.52. The zero-order chi connectivity index (χ0) is 14.7. The minimum Gasteiger partial charge on any atom is -0.481 e. The molecule has 1 heterocycles. The molecule has 6 heteroatoms. The predicted octanol–water partition coefficient (Wildman–Crippen LogP) is 2.40. The molecule has 0 saturated heterocycles. The number of rotatable bonds is 7. The topological polar surface area (TPSA) is 65.5 Å². The van der Waals surface area contributed by atoms with Crippen molar-refractivity contribution in [1.29, 1.82) is 0 Å². The molecule has 0 amide bonds. The highest BCUT2D eigenvalue weighted by molar-refractivity contribution is 7.15. The molecule has 2 rings (SSSR count). The summed E-state index contributed by atoms with van der Waals surface area (Å²) in [4.78, 5) is 19.0. The number of aromatic nitrogens is 1. The van der Waals surface area contributed by atoms with Gasteiger partial charge >= 0.3 is 5.97 Å². The van der Waals surface area contributed by atoms with E-state index in [0.717, 1.165) is 41.6 Å². The Morgan fingerprint density at radius 1 is 1.65 bits per heavy atom. The van der Waals surface area contributed by atoms with Gasteiger partial charge in [0.05, 0.1) is 5.69 Å². The third-order valence-corrected chi connectivity index (χ3v) is 5.19. The van der Waals surface area contributed by atoms with Gasteiger partial charge in [0.15, 0.2) is 5.13 Å². The Hall–Kier alpha value is -1.14. The van der Waals surface area contributed by atoms with Gasteiger partial charge in [-0.2, -0.15) is 0 Å². The number of carboxylic acid groups (broad SMARTS) is 1. The highest BCUT2D eigenvalue weighted by Gasteiger charge is 2.32. The van der Waals surface area contributed by atoms with Crippen LogP contribution in [0.1, 0.15) is 43.2 Å². The lowest BCUT2D eigenvalue weighted by atomic mass is 10.1. The van der Waals surface area contributed by atoms with E-state index in [1.807, 2.05) is 0 Å². The Morgan fingerprint density at radius 3 is 3.05 bits per heavy atom. The number of nitrogens with one attached hydrogen (secondary N) is 1. The second-order valence-corrected chi connectivity index (χ2v) is 6.51. The lowest BCUT2D eigenvalue weighted by molar-refractivity contribution is -0.138. The number of aliphatic carboxylic acids is 1. The number of thiazole rings is 1. The lowest BCUT2D eigenvalue weighted by Crippen LogP contribution is -2.32. The Balaban J connectivity index is 1.87. The third kappa shape index (κ3) is 3.30. The van der Waals surface area contributed by atoms with Crippen LogP contribution >= 0.6 is 11.3 Å². The fourth-order valence-corrected chi connectivity index (χ4v) is 3.48. The van der Waals surface area contributed by atoms with Crippen LogP contribution in [0.4, 0.5) is 5.13 Å². The van der Waals surface area contributed by atoms with Crippen LogP contribution < -0.4 is 5.32 Å². The van der Waals surface area contributed by atoms with Crippen molar-refractivity contribution in [1.82, 2.24) is 9.88 Å². The summed E-state index contributed by atoms with van der Waals surface area (Å²) in [5, 5.41) is 13.3. The molecular formula is C14H23N3O2S. The van der Waals surface area contributed by atoms with Crippen molar-refractivity contribution in [2.75, 3.05) is 25.5 Å². The van der Waals surface area contributed by atoms with E-state index < -0.39 is 11.9 Å². The predicted molar refractivity (Wildman–Crippen MR) is 81.7 cm³/mol. The van der Waals surface area contributed by atoms with Gasteiger partial charge in [0.25, 0.3) is 0 Å². The maximum absolute atomic E-state index is 11.1. The number of anilines is 1.